The first-order valence-corrected chi connectivity index (χ1v) is 6.02. The van der Waals surface area contributed by atoms with Gasteiger partial charge in [0.05, 0.1) is 6.10 Å². The molecule has 2 aromatic carbocycles. The number of esters is 1. The summed E-state index contributed by atoms with van der Waals surface area (Å²) in [6.45, 7) is 3.62. The smallest absolute Gasteiger partial charge is 0.327 e. The fourth-order valence-electron chi connectivity index (χ4n) is 1.84. The molecule has 0 heterocycles. The van der Waals surface area contributed by atoms with Crippen LogP contribution in [0, 0.1) is 0 Å². The van der Waals surface area contributed by atoms with E-state index >= 15 is 0 Å². The first kappa shape index (κ1) is 15.5. The van der Waals surface area contributed by atoms with E-state index in [0.717, 1.165) is 16.3 Å². The van der Waals surface area contributed by atoms with Crippen LogP contribution in [0.4, 0.5) is 0 Å². The van der Waals surface area contributed by atoms with E-state index in [1.165, 1.54) is 0 Å². The van der Waals surface area contributed by atoms with E-state index in [2.05, 4.69) is 0 Å². The van der Waals surface area contributed by atoms with Crippen LogP contribution in [-0.2, 0) is 9.53 Å². The van der Waals surface area contributed by atoms with Crippen molar-refractivity contribution in [1.82, 2.24) is 0 Å². The Labute approximate surface area is 119 Å². The summed E-state index contributed by atoms with van der Waals surface area (Å²) in [5, 5.41) is 2.20. The fraction of sp³-hybridized carbons (Fsp3) is 0.267. The van der Waals surface area contributed by atoms with Crippen LogP contribution in [0.15, 0.2) is 42.5 Å². The summed E-state index contributed by atoms with van der Waals surface area (Å²) in [6, 6.07) is 13.0. The number of rotatable bonds is 3. The molecule has 2 N–H and O–H groups in total. The molecule has 0 saturated carbocycles. The van der Waals surface area contributed by atoms with Crippen molar-refractivity contribution in [2.45, 2.75) is 26.0 Å². The van der Waals surface area contributed by atoms with Gasteiger partial charge in [-0.1, -0.05) is 36.4 Å². The van der Waals surface area contributed by atoms with Crippen molar-refractivity contribution in [2.24, 2.45) is 5.73 Å². The van der Waals surface area contributed by atoms with Gasteiger partial charge < -0.3 is 10.5 Å². The molecule has 0 amide bonds. The molecule has 0 saturated heterocycles. The molecule has 2 aromatic rings. The van der Waals surface area contributed by atoms with Gasteiger partial charge in [-0.2, -0.15) is 0 Å². The maximum Gasteiger partial charge on any atom is 0.327 e. The van der Waals surface area contributed by atoms with Gasteiger partial charge in [0.25, 0.3) is 0 Å². The van der Waals surface area contributed by atoms with Crippen molar-refractivity contribution < 1.29 is 9.53 Å². The van der Waals surface area contributed by atoms with E-state index < -0.39 is 6.04 Å². The lowest BCUT2D eigenvalue weighted by Gasteiger charge is -2.14. The second-order valence-electron chi connectivity index (χ2n) is 4.57. The zero-order valence-corrected chi connectivity index (χ0v) is 11.8. The summed E-state index contributed by atoms with van der Waals surface area (Å²) >= 11 is 0. The molecule has 0 aliphatic rings. The minimum atomic E-state index is -0.725. The van der Waals surface area contributed by atoms with E-state index in [1.807, 2.05) is 56.3 Å². The molecule has 102 valence electrons. The minimum Gasteiger partial charge on any atom is -0.462 e. The second kappa shape index (κ2) is 6.55. The quantitative estimate of drug-likeness (QED) is 0.878. The van der Waals surface area contributed by atoms with Crippen molar-refractivity contribution in [3.8, 4) is 0 Å². The standard InChI is InChI=1S/C15H17NO2.ClH/c1-10(2)18-15(17)14(16)13-8-7-11-5-3-4-6-12(11)9-13;/h3-10,14H,16H2,1-2H3;1H. The molecule has 3 nitrogen and oxygen atoms in total. The number of carbonyl (C=O) groups is 1. The summed E-state index contributed by atoms with van der Waals surface area (Å²) in [6.07, 6.45) is -0.149. The highest BCUT2D eigenvalue weighted by Gasteiger charge is 2.18. The number of fused-ring (bicyclic) bond motifs is 1. The van der Waals surface area contributed by atoms with Crippen LogP contribution >= 0.6 is 12.4 Å². The van der Waals surface area contributed by atoms with Crippen LogP contribution < -0.4 is 5.73 Å². The zero-order valence-electron chi connectivity index (χ0n) is 11.0. The van der Waals surface area contributed by atoms with Crippen LogP contribution in [0.3, 0.4) is 0 Å². The van der Waals surface area contributed by atoms with E-state index in [-0.39, 0.29) is 24.5 Å². The molecule has 0 bridgehead atoms. The maximum absolute atomic E-state index is 11.7. The molecule has 1 unspecified atom stereocenters. The number of nitrogens with two attached hydrogens (primary N) is 1. The van der Waals surface area contributed by atoms with Crippen molar-refractivity contribution in [1.29, 1.82) is 0 Å². The van der Waals surface area contributed by atoms with Gasteiger partial charge in [0.2, 0.25) is 0 Å². The third kappa shape index (κ3) is 3.69. The summed E-state index contributed by atoms with van der Waals surface area (Å²) in [4.78, 5) is 11.7. The number of hydrogen-bond donors (Lipinski definition) is 1. The lowest BCUT2D eigenvalue weighted by Crippen LogP contribution is -2.26. The molecule has 0 aliphatic carbocycles. The van der Waals surface area contributed by atoms with Gasteiger partial charge in [0.1, 0.15) is 6.04 Å². The molecule has 19 heavy (non-hydrogen) atoms. The van der Waals surface area contributed by atoms with Gasteiger partial charge in [-0.25, -0.2) is 4.79 Å². The molecule has 1 atom stereocenters. The van der Waals surface area contributed by atoms with E-state index in [9.17, 15) is 4.79 Å². The highest BCUT2D eigenvalue weighted by Crippen LogP contribution is 2.20. The summed E-state index contributed by atoms with van der Waals surface area (Å²) in [5.41, 5.74) is 6.68. The monoisotopic (exact) mass is 279 g/mol. The van der Waals surface area contributed by atoms with E-state index in [1.54, 1.807) is 0 Å². The maximum atomic E-state index is 11.7. The van der Waals surface area contributed by atoms with Gasteiger partial charge >= 0.3 is 5.97 Å². The Morgan fingerprint density at radius 1 is 1.11 bits per heavy atom. The first-order valence-electron chi connectivity index (χ1n) is 6.02. The topological polar surface area (TPSA) is 52.3 Å². The molecule has 0 aliphatic heterocycles. The highest BCUT2D eigenvalue weighted by atomic mass is 35.5. The third-order valence-electron chi connectivity index (χ3n) is 2.74. The Hall–Kier alpha value is -1.58. The molecule has 4 heteroatoms. The summed E-state index contributed by atoms with van der Waals surface area (Å²) in [5.74, 6) is -0.389. The third-order valence-corrected chi connectivity index (χ3v) is 2.74. The Morgan fingerprint density at radius 3 is 2.37 bits per heavy atom. The molecular weight excluding hydrogens is 262 g/mol. The molecule has 0 fully saturated rings. The van der Waals surface area contributed by atoms with Crippen molar-refractivity contribution in [2.75, 3.05) is 0 Å². The Bertz CT molecular complexity index is 569. The minimum absolute atomic E-state index is 0. The summed E-state index contributed by atoms with van der Waals surface area (Å²) < 4.78 is 5.11. The van der Waals surface area contributed by atoms with Crippen LogP contribution in [0.25, 0.3) is 10.8 Å². The van der Waals surface area contributed by atoms with E-state index in [0.29, 0.717) is 0 Å². The molecular formula is C15H18ClNO2. The molecule has 0 aromatic heterocycles. The Balaban J connectivity index is 0.00000180. The largest absolute Gasteiger partial charge is 0.462 e. The number of hydrogen-bond acceptors (Lipinski definition) is 3. The molecule has 0 radical (unpaired) electrons. The van der Waals surface area contributed by atoms with Gasteiger partial charge in [-0.05, 0) is 36.2 Å². The number of ether oxygens (including phenoxy) is 1. The average molecular weight is 280 g/mol. The average Bonchev–Trinajstić information content (AvgIpc) is 2.36. The van der Waals surface area contributed by atoms with Gasteiger partial charge in [-0.3, -0.25) is 0 Å². The number of benzene rings is 2. The molecule has 2 rings (SSSR count). The van der Waals surface area contributed by atoms with Crippen molar-refractivity contribution in [3.05, 3.63) is 48.0 Å². The van der Waals surface area contributed by atoms with Crippen LogP contribution in [0.1, 0.15) is 25.5 Å². The normalized spacial score (nSPS) is 12.0. The number of carbonyl (C=O) groups excluding carboxylic acids is 1. The summed E-state index contributed by atoms with van der Waals surface area (Å²) in [7, 11) is 0. The highest BCUT2D eigenvalue weighted by molar-refractivity contribution is 5.86. The fourth-order valence-corrected chi connectivity index (χ4v) is 1.84. The predicted molar refractivity (Wildman–Crippen MR) is 79.4 cm³/mol. The SMILES string of the molecule is CC(C)OC(=O)C(N)c1ccc2ccccc2c1.Cl. The molecule has 0 spiro atoms. The first-order chi connectivity index (χ1) is 8.58. The van der Waals surface area contributed by atoms with Gasteiger partial charge in [-0.15, -0.1) is 12.4 Å². The van der Waals surface area contributed by atoms with Crippen molar-refractivity contribution in [3.63, 3.8) is 0 Å². The van der Waals surface area contributed by atoms with Crippen LogP contribution in [0.2, 0.25) is 0 Å². The Morgan fingerprint density at radius 2 is 1.74 bits per heavy atom. The zero-order chi connectivity index (χ0) is 13.1. The van der Waals surface area contributed by atoms with Crippen LogP contribution in [-0.4, -0.2) is 12.1 Å². The van der Waals surface area contributed by atoms with E-state index in [4.69, 9.17) is 10.5 Å². The number of halogens is 1. The van der Waals surface area contributed by atoms with Gasteiger partial charge in [0, 0.05) is 0 Å². The predicted octanol–water partition coefficient (Wildman–Crippen LogP) is 3.21. The van der Waals surface area contributed by atoms with Gasteiger partial charge in [0.15, 0.2) is 0 Å². The Kier molecular flexibility index (Phi) is 5.33. The van der Waals surface area contributed by atoms with Crippen molar-refractivity contribution >= 4 is 29.1 Å². The van der Waals surface area contributed by atoms with Crippen LogP contribution in [0.5, 0.6) is 0 Å². The lowest BCUT2D eigenvalue weighted by atomic mass is 10.0. The second-order valence-corrected chi connectivity index (χ2v) is 4.57. The lowest BCUT2D eigenvalue weighted by molar-refractivity contribution is -0.149.